The van der Waals surface area contributed by atoms with Crippen molar-refractivity contribution in [3.05, 3.63) is 0 Å². The van der Waals surface area contributed by atoms with Gasteiger partial charge in [-0.2, -0.15) is 0 Å². The van der Waals surface area contributed by atoms with Crippen LogP contribution in [0.5, 0.6) is 0 Å². The van der Waals surface area contributed by atoms with Gasteiger partial charge in [0.15, 0.2) is 0 Å². The molecule has 13 heavy (non-hydrogen) atoms. The molecule has 0 amide bonds. The Hall–Kier alpha value is -0.620. The maximum absolute atomic E-state index is 10.1. The lowest BCUT2D eigenvalue weighted by Gasteiger charge is -2.29. The molecule has 2 nitrogen and oxygen atoms in total. The van der Waals surface area contributed by atoms with E-state index in [4.69, 9.17) is 0 Å². The number of hydrogen-bond acceptors (Lipinski definition) is 2. The monoisotopic (exact) mass is 179 g/mol. The van der Waals surface area contributed by atoms with Crippen molar-refractivity contribution in [1.82, 2.24) is 0 Å². The molecule has 2 aliphatic rings. The SMILES string of the molecule is CCC1(CN=C=O)CC2CCC2C1. The average molecular weight is 179 g/mol. The Labute approximate surface area is 79.4 Å². The molecular formula is C11H17NO. The Bertz CT molecular complexity index is 230. The minimum absolute atomic E-state index is 0.364. The number of isocyanates is 1. The Balaban J connectivity index is 2.03. The molecule has 2 aliphatic carbocycles. The molecule has 0 N–H and O–H groups in total. The van der Waals surface area contributed by atoms with Gasteiger partial charge in [0, 0.05) is 0 Å². The summed E-state index contributed by atoms with van der Waals surface area (Å²) in [4.78, 5) is 13.9. The number of hydrogen-bond donors (Lipinski definition) is 0. The summed E-state index contributed by atoms with van der Waals surface area (Å²) in [5, 5.41) is 0. The lowest BCUT2D eigenvalue weighted by Crippen LogP contribution is -2.19. The molecule has 0 aliphatic heterocycles. The van der Waals surface area contributed by atoms with E-state index < -0.39 is 0 Å². The van der Waals surface area contributed by atoms with Gasteiger partial charge in [0.05, 0.1) is 6.54 Å². The summed E-state index contributed by atoms with van der Waals surface area (Å²) >= 11 is 0. The fourth-order valence-electron chi connectivity index (χ4n) is 3.10. The van der Waals surface area contributed by atoms with Crippen molar-refractivity contribution in [2.75, 3.05) is 6.54 Å². The van der Waals surface area contributed by atoms with Gasteiger partial charge >= 0.3 is 0 Å². The molecule has 0 aromatic heterocycles. The van der Waals surface area contributed by atoms with E-state index in [0.717, 1.165) is 18.4 Å². The zero-order chi connectivity index (χ0) is 9.31. The normalized spacial score (nSPS) is 41.9. The van der Waals surface area contributed by atoms with Crippen LogP contribution in [0.25, 0.3) is 0 Å². The number of fused-ring (bicyclic) bond motifs is 1. The molecule has 2 fully saturated rings. The van der Waals surface area contributed by atoms with Gasteiger partial charge in [-0.3, -0.25) is 0 Å². The van der Waals surface area contributed by atoms with Crippen LogP contribution in [-0.2, 0) is 4.79 Å². The minimum Gasteiger partial charge on any atom is -0.211 e. The van der Waals surface area contributed by atoms with Crippen molar-refractivity contribution < 1.29 is 4.79 Å². The van der Waals surface area contributed by atoms with Crippen molar-refractivity contribution in [3.8, 4) is 0 Å². The Morgan fingerprint density at radius 3 is 2.38 bits per heavy atom. The van der Waals surface area contributed by atoms with Crippen LogP contribution in [0.2, 0.25) is 0 Å². The molecule has 2 heteroatoms. The smallest absolute Gasteiger partial charge is 0.211 e. The molecule has 0 saturated heterocycles. The third kappa shape index (κ3) is 1.44. The van der Waals surface area contributed by atoms with Crippen molar-refractivity contribution in [2.45, 2.75) is 39.0 Å². The van der Waals surface area contributed by atoms with Crippen LogP contribution in [0.3, 0.4) is 0 Å². The topological polar surface area (TPSA) is 29.4 Å². The maximum atomic E-state index is 10.1. The molecule has 0 heterocycles. The predicted molar refractivity (Wildman–Crippen MR) is 51.2 cm³/mol. The van der Waals surface area contributed by atoms with Crippen LogP contribution in [-0.4, -0.2) is 12.6 Å². The highest BCUT2D eigenvalue weighted by Gasteiger charge is 2.47. The summed E-state index contributed by atoms with van der Waals surface area (Å²) in [6, 6.07) is 0. The van der Waals surface area contributed by atoms with Crippen LogP contribution in [0.1, 0.15) is 39.0 Å². The molecule has 0 spiro atoms. The zero-order valence-electron chi connectivity index (χ0n) is 8.25. The van der Waals surface area contributed by atoms with Gasteiger partial charge in [0.25, 0.3) is 0 Å². The molecule has 2 rings (SSSR count). The van der Waals surface area contributed by atoms with Gasteiger partial charge in [-0.25, -0.2) is 9.79 Å². The highest BCUT2D eigenvalue weighted by Crippen LogP contribution is 2.56. The molecule has 72 valence electrons. The average Bonchev–Trinajstić information content (AvgIpc) is 2.39. The minimum atomic E-state index is 0.364. The molecule has 0 radical (unpaired) electrons. The van der Waals surface area contributed by atoms with Gasteiger partial charge in [-0.15, -0.1) is 0 Å². The first-order valence-electron chi connectivity index (χ1n) is 5.33. The highest BCUT2D eigenvalue weighted by molar-refractivity contribution is 5.33. The summed E-state index contributed by atoms with van der Waals surface area (Å²) in [6.45, 7) is 2.95. The lowest BCUT2D eigenvalue weighted by molar-refractivity contribution is 0.219. The van der Waals surface area contributed by atoms with E-state index in [9.17, 15) is 4.79 Å². The summed E-state index contributed by atoms with van der Waals surface area (Å²) < 4.78 is 0. The third-order valence-electron chi connectivity index (χ3n) is 4.19. The van der Waals surface area contributed by atoms with Gasteiger partial charge < -0.3 is 0 Å². The molecule has 2 atom stereocenters. The highest BCUT2D eigenvalue weighted by atomic mass is 16.1. The van der Waals surface area contributed by atoms with Crippen LogP contribution >= 0.6 is 0 Å². The van der Waals surface area contributed by atoms with Crippen LogP contribution in [0.15, 0.2) is 4.99 Å². The van der Waals surface area contributed by atoms with E-state index in [1.54, 1.807) is 6.08 Å². The fraction of sp³-hybridized carbons (Fsp3) is 0.909. The Morgan fingerprint density at radius 1 is 1.38 bits per heavy atom. The van der Waals surface area contributed by atoms with E-state index in [2.05, 4.69) is 11.9 Å². The van der Waals surface area contributed by atoms with Gasteiger partial charge in [0.1, 0.15) is 0 Å². The van der Waals surface area contributed by atoms with Crippen LogP contribution < -0.4 is 0 Å². The maximum Gasteiger partial charge on any atom is 0.234 e. The fourth-order valence-corrected chi connectivity index (χ4v) is 3.10. The van der Waals surface area contributed by atoms with E-state index in [-0.39, 0.29) is 0 Å². The predicted octanol–water partition coefficient (Wildman–Crippen LogP) is 2.54. The number of rotatable bonds is 3. The first-order valence-corrected chi connectivity index (χ1v) is 5.33. The zero-order valence-corrected chi connectivity index (χ0v) is 8.25. The van der Waals surface area contributed by atoms with Crippen molar-refractivity contribution in [3.63, 3.8) is 0 Å². The molecule has 2 unspecified atom stereocenters. The van der Waals surface area contributed by atoms with E-state index in [1.807, 2.05) is 0 Å². The Morgan fingerprint density at radius 2 is 2.00 bits per heavy atom. The Kier molecular flexibility index (Phi) is 2.25. The van der Waals surface area contributed by atoms with Crippen LogP contribution in [0, 0.1) is 17.3 Å². The first-order chi connectivity index (χ1) is 6.29. The molecule has 2 saturated carbocycles. The van der Waals surface area contributed by atoms with E-state index in [0.29, 0.717) is 5.41 Å². The number of carbonyl (C=O) groups excluding carboxylic acids is 1. The second-order valence-electron chi connectivity index (χ2n) is 4.77. The van der Waals surface area contributed by atoms with E-state index >= 15 is 0 Å². The second kappa shape index (κ2) is 3.26. The summed E-state index contributed by atoms with van der Waals surface area (Å²) in [5.74, 6) is 1.92. The van der Waals surface area contributed by atoms with Crippen molar-refractivity contribution in [1.29, 1.82) is 0 Å². The van der Waals surface area contributed by atoms with Crippen molar-refractivity contribution >= 4 is 6.08 Å². The molecular weight excluding hydrogens is 162 g/mol. The summed E-state index contributed by atoms with van der Waals surface area (Å²) in [7, 11) is 0. The lowest BCUT2D eigenvalue weighted by atomic mass is 9.77. The molecule has 0 bridgehead atoms. The van der Waals surface area contributed by atoms with E-state index in [1.165, 1.54) is 32.1 Å². The molecule has 0 aromatic carbocycles. The second-order valence-corrected chi connectivity index (χ2v) is 4.77. The number of nitrogens with zero attached hydrogens (tertiary/aromatic N) is 1. The standard InChI is InChI=1S/C11H17NO/c1-2-11(7-12-8-13)5-9-3-4-10(9)6-11/h9-10H,2-7H2,1H3. The largest absolute Gasteiger partial charge is 0.234 e. The van der Waals surface area contributed by atoms with Crippen molar-refractivity contribution in [2.24, 2.45) is 22.2 Å². The summed E-state index contributed by atoms with van der Waals surface area (Å²) in [5.41, 5.74) is 0.364. The van der Waals surface area contributed by atoms with Gasteiger partial charge in [0.2, 0.25) is 6.08 Å². The molecule has 0 aromatic rings. The van der Waals surface area contributed by atoms with Crippen LogP contribution in [0.4, 0.5) is 0 Å². The quantitative estimate of drug-likeness (QED) is 0.483. The first kappa shape index (κ1) is 8.96. The third-order valence-corrected chi connectivity index (χ3v) is 4.19. The van der Waals surface area contributed by atoms with Gasteiger partial charge in [-0.05, 0) is 49.4 Å². The van der Waals surface area contributed by atoms with Gasteiger partial charge in [-0.1, -0.05) is 6.92 Å². The summed E-state index contributed by atoms with van der Waals surface area (Å²) in [6.07, 6.45) is 8.29. The number of aliphatic imine (C=N–C) groups is 1.